The van der Waals surface area contributed by atoms with Gasteiger partial charge in [0.1, 0.15) is 16.8 Å². The largest absolute Gasteiger partial charge is 0.494 e. The van der Waals surface area contributed by atoms with Gasteiger partial charge in [-0.2, -0.15) is 4.80 Å². The molecule has 0 aliphatic carbocycles. The van der Waals surface area contributed by atoms with E-state index in [0.717, 1.165) is 41.1 Å². The predicted octanol–water partition coefficient (Wildman–Crippen LogP) is 5.10. The molecule has 186 valence electrons. The van der Waals surface area contributed by atoms with E-state index in [9.17, 15) is 4.79 Å². The van der Waals surface area contributed by atoms with Crippen LogP contribution in [0, 0.1) is 6.92 Å². The van der Waals surface area contributed by atoms with Gasteiger partial charge in [0.25, 0.3) is 5.91 Å². The molecule has 0 saturated heterocycles. The maximum atomic E-state index is 12.6. The smallest absolute Gasteiger partial charge is 0.257 e. The number of thiocarbonyl (C=S) groups is 1. The van der Waals surface area contributed by atoms with Crippen molar-refractivity contribution >= 4 is 45.6 Å². The number of aromatic nitrogens is 3. The minimum atomic E-state index is -0.313. The van der Waals surface area contributed by atoms with Gasteiger partial charge in [0.2, 0.25) is 0 Å². The molecule has 0 radical (unpaired) electrons. The lowest BCUT2D eigenvalue weighted by Gasteiger charge is -2.20. The maximum Gasteiger partial charge on any atom is 0.257 e. The number of benzene rings is 3. The summed E-state index contributed by atoms with van der Waals surface area (Å²) in [5.74, 6) is 0.322. The van der Waals surface area contributed by atoms with Crippen LogP contribution in [0.25, 0.3) is 16.7 Å². The van der Waals surface area contributed by atoms with Crippen molar-refractivity contribution in [2.24, 2.45) is 0 Å². The first-order valence-electron chi connectivity index (χ1n) is 12.0. The highest BCUT2D eigenvalue weighted by atomic mass is 32.1. The average Bonchev–Trinajstić information content (AvgIpc) is 3.28. The molecule has 0 saturated carbocycles. The van der Waals surface area contributed by atoms with Crippen LogP contribution >= 0.6 is 12.2 Å². The van der Waals surface area contributed by atoms with E-state index in [1.165, 1.54) is 5.69 Å². The number of hydrogen-bond donors (Lipinski definition) is 2. The average molecular weight is 503 g/mol. The predicted molar refractivity (Wildman–Crippen MR) is 148 cm³/mol. The molecule has 1 heterocycles. The quantitative estimate of drug-likeness (QED) is 0.324. The first kappa shape index (κ1) is 25.1. The number of anilines is 2. The van der Waals surface area contributed by atoms with Gasteiger partial charge in [0.05, 0.1) is 12.3 Å². The molecule has 8 nitrogen and oxygen atoms in total. The second-order valence-corrected chi connectivity index (χ2v) is 8.61. The molecule has 0 aliphatic heterocycles. The first-order chi connectivity index (χ1) is 17.4. The zero-order valence-corrected chi connectivity index (χ0v) is 21.7. The normalized spacial score (nSPS) is 10.8. The first-order valence-corrected chi connectivity index (χ1v) is 12.4. The Bertz CT molecular complexity index is 1380. The summed E-state index contributed by atoms with van der Waals surface area (Å²) in [6, 6.07) is 19.0. The number of ether oxygens (including phenoxy) is 1. The molecule has 1 aromatic heterocycles. The van der Waals surface area contributed by atoms with E-state index in [2.05, 4.69) is 51.7 Å². The van der Waals surface area contributed by atoms with Crippen molar-refractivity contribution in [3.8, 4) is 11.4 Å². The zero-order valence-electron chi connectivity index (χ0n) is 20.9. The second kappa shape index (κ2) is 11.2. The van der Waals surface area contributed by atoms with Crippen LogP contribution in [0.15, 0.2) is 60.7 Å². The fourth-order valence-electron chi connectivity index (χ4n) is 3.93. The number of nitrogens with one attached hydrogen (secondary N) is 2. The van der Waals surface area contributed by atoms with Crippen molar-refractivity contribution in [2.45, 2.75) is 27.7 Å². The summed E-state index contributed by atoms with van der Waals surface area (Å²) in [6.45, 7) is 10.6. The molecule has 4 aromatic rings. The van der Waals surface area contributed by atoms with Crippen molar-refractivity contribution in [1.29, 1.82) is 0 Å². The van der Waals surface area contributed by atoms with Crippen LogP contribution in [-0.2, 0) is 0 Å². The molecule has 3 aromatic carbocycles. The Labute approximate surface area is 216 Å². The molecule has 0 aliphatic rings. The van der Waals surface area contributed by atoms with Gasteiger partial charge in [-0.25, -0.2) is 0 Å². The lowest BCUT2D eigenvalue weighted by Crippen LogP contribution is -2.34. The fraction of sp³-hybridized carbons (Fsp3) is 0.259. The minimum absolute atomic E-state index is 0.198. The van der Waals surface area contributed by atoms with Gasteiger partial charge < -0.3 is 15.0 Å². The lowest BCUT2D eigenvalue weighted by atomic mass is 10.2. The molecule has 0 spiro atoms. The number of rotatable bonds is 8. The monoisotopic (exact) mass is 502 g/mol. The van der Waals surface area contributed by atoms with Gasteiger partial charge in [-0.1, -0.05) is 6.07 Å². The van der Waals surface area contributed by atoms with E-state index in [4.69, 9.17) is 17.0 Å². The highest BCUT2D eigenvalue weighted by molar-refractivity contribution is 7.80. The topological polar surface area (TPSA) is 84.3 Å². The van der Waals surface area contributed by atoms with Gasteiger partial charge in [0.15, 0.2) is 5.11 Å². The van der Waals surface area contributed by atoms with Crippen LogP contribution in [0.2, 0.25) is 0 Å². The minimum Gasteiger partial charge on any atom is -0.494 e. The maximum absolute atomic E-state index is 12.6. The highest BCUT2D eigenvalue weighted by Gasteiger charge is 2.13. The van der Waals surface area contributed by atoms with Gasteiger partial charge in [-0.15, -0.1) is 10.2 Å². The molecule has 36 heavy (non-hydrogen) atoms. The molecule has 1 amide bonds. The van der Waals surface area contributed by atoms with Crippen LogP contribution in [0.4, 0.5) is 11.4 Å². The number of fused-ring (bicyclic) bond motifs is 1. The van der Waals surface area contributed by atoms with Crippen LogP contribution in [0.3, 0.4) is 0 Å². The summed E-state index contributed by atoms with van der Waals surface area (Å²) in [5.41, 5.74) is 5.69. The van der Waals surface area contributed by atoms with E-state index in [-0.39, 0.29) is 11.0 Å². The van der Waals surface area contributed by atoms with Gasteiger partial charge >= 0.3 is 0 Å². The third-order valence-corrected chi connectivity index (χ3v) is 6.02. The Kier molecular flexibility index (Phi) is 7.80. The van der Waals surface area contributed by atoms with Gasteiger partial charge in [-0.3, -0.25) is 10.1 Å². The molecular weight excluding hydrogens is 472 g/mol. The molecule has 9 heteroatoms. The Balaban J connectivity index is 1.48. The summed E-state index contributed by atoms with van der Waals surface area (Å²) in [4.78, 5) is 16.6. The van der Waals surface area contributed by atoms with Crippen molar-refractivity contribution in [3.05, 3.63) is 71.8 Å². The molecule has 2 N–H and O–H groups in total. The van der Waals surface area contributed by atoms with Gasteiger partial charge in [-0.05, 0) is 100 Å². The third kappa shape index (κ3) is 5.63. The summed E-state index contributed by atoms with van der Waals surface area (Å²) in [7, 11) is 0. The number of carbonyl (C=O) groups excluding carboxylic acids is 1. The van der Waals surface area contributed by atoms with E-state index in [0.29, 0.717) is 17.9 Å². The lowest BCUT2D eigenvalue weighted by molar-refractivity contribution is 0.0977. The summed E-state index contributed by atoms with van der Waals surface area (Å²) in [5, 5.41) is 15.3. The number of carbonyl (C=O) groups is 1. The number of aryl methyl sites for hydroxylation is 1. The SMILES string of the molecule is CCOc1cccc(C(=O)NC(=S)Nc2cc3nn(-c4ccc(N(CC)CC)cc4)nc3cc2C)c1. The summed E-state index contributed by atoms with van der Waals surface area (Å²) < 4.78 is 5.47. The van der Waals surface area contributed by atoms with Crippen LogP contribution in [0.5, 0.6) is 5.75 Å². The van der Waals surface area contributed by atoms with E-state index in [1.807, 2.05) is 44.2 Å². The van der Waals surface area contributed by atoms with Crippen molar-refractivity contribution in [3.63, 3.8) is 0 Å². The van der Waals surface area contributed by atoms with Crippen LogP contribution < -0.4 is 20.3 Å². The number of nitrogens with zero attached hydrogens (tertiary/aromatic N) is 4. The van der Waals surface area contributed by atoms with Crippen LogP contribution in [0.1, 0.15) is 36.7 Å². The zero-order chi connectivity index (χ0) is 25.7. The summed E-state index contributed by atoms with van der Waals surface area (Å²) >= 11 is 5.39. The highest BCUT2D eigenvalue weighted by Crippen LogP contribution is 2.23. The molecule has 0 atom stereocenters. The second-order valence-electron chi connectivity index (χ2n) is 8.20. The van der Waals surface area contributed by atoms with Crippen LogP contribution in [-0.4, -0.2) is 45.7 Å². The number of amides is 1. The van der Waals surface area contributed by atoms with Crippen molar-refractivity contribution < 1.29 is 9.53 Å². The number of hydrogen-bond acceptors (Lipinski definition) is 6. The Morgan fingerprint density at radius 2 is 1.69 bits per heavy atom. The van der Waals surface area contributed by atoms with E-state index >= 15 is 0 Å². The molecule has 0 unspecified atom stereocenters. The Morgan fingerprint density at radius 3 is 2.36 bits per heavy atom. The molecule has 0 fully saturated rings. The Morgan fingerprint density at radius 1 is 1.00 bits per heavy atom. The standard InChI is InChI=1S/C27H30N6O2S/c1-5-32(6-2)20-11-13-21(14-12-20)33-30-24-15-18(4)23(17-25(24)31-33)28-27(36)29-26(34)19-9-8-10-22(16-19)35-7-3/h8-17H,5-7H2,1-4H3,(H2,28,29,34,36). The third-order valence-electron chi connectivity index (χ3n) is 5.82. The Hall–Kier alpha value is -3.98. The van der Waals surface area contributed by atoms with E-state index in [1.54, 1.807) is 23.0 Å². The van der Waals surface area contributed by atoms with Crippen molar-refractivity contribution in [1.82, 2.24) is 20.3 Å². The van der Waals surface area contributed by atoms with E-state index < -0.39 is 0 Å². The fourth-order valence-corrected chi connectivity index (χ4v) is 4.13. The molecule has 4 rings (SSSR count). The molecule has 0 bridgehead atoms. The van der Waals surface area contributed by atoms with Crippen molar-refractivity contribution in [2.75, 3.05) is 29.9 Å². The molecular formula is C27H30N6O2S. The van der Waals surface area contributed by atoms with Gasteiger partial charge in [0, 0.05) is 30.0 Å². The summed E-state index contributed by atoms with van der Waals surface area (Å²) in [6.07, 6.45) is 0.